The maximum atomic E-state index is 2.43. The second-order valence-corrected chi connectivity index (χ2v) is 17.7. The molecule has 0 radical (unpaired) electrons. The zero-order valence-electron chi connectivity index (χ0n) is 37.3. The number of hydrogen-bond acceptors (Lipinski definition) is 1. The molecule has 0 aliphatic heterocycles. The summed E-state index contributed by atoms with van der Waals surface area (Å²) in [6.45, 7) is 0. The molecule has 13 rings (SSSR count). The molecule has 0 fully saturated rings. The van der Waals surface area contributed by atoms with E-state index in [0.29, 0.717) is 0 Å². The van der Waals surface area contributed by atoms with E-state index < -0.39 is 0 Å². The fourth-order valence-electron chi connectivity index (χ4n) is 10.5. The van der Waals surface area contributed by atoms with E-state index in [4.69, 9.17) is 0 Å². The lowest BCUT2D eigenvalue weighted by molar-refractivity contribution is 1.18. The average Bonchev–Trinajstić information content (AvgIpc) is 3.77. The number of para-hydroxylation sites is 1. The third kappa shape index (κ3) is 6.82. The Bertz CT molecular complexity index is 3940. The van der Waals surface area contributed by atoms with Crippen LogP contribution in [0.25, 0.3) is 104 Å². The minimum Gasteiger partial charge on any atom is -0.310 e. The van der Waals surface area contributed by atoms with Crippen molar-refractivity contribution in [2.75, 3.05) is 4.90 Å². The Labute approximate surface area is 395 Å². The predicted octanol–water partition coefficient (Wildman–Crippen LogP) is 18.4. The number of hydrogen-bond donors (Lipinski definition) is 0. The van der Waals surface area contributed by atoms with Crippen LogP contribution in [0.2, 0.25) is 0 Å². The fourth-order valence-corrected chi connectivity index (χ4v) is 10.5. The summed E-state index contributed by atoms with van der Waals surface area (Å²) < 4.78 is 2.43. The zero-order valence-corrected chi connectivity index (χ0v) is 37.3. The van der Waals surface area contributed by atoms with Crippen LogP contribution < -0.4 is 4.90 Å². The second-order valence-electron chi connectivity index (χ2n) is 17.7. The Kier molecular flexibility index (Phi) is 9.54. The highest BCUT2D eigenvalue weighted by atomic mass is 15.1. The van der Waals surface area contributed by atoms with E-state index in [1.165, 1.54) is 81.9 Å². The number of benzene rings is 12. The van der Waals surface area contributed by atoms with E-state index in [0.717, 1.165) is 39.4 Å². The molecular formula is C66H44N2. The van der Waals surface area contributed by atoms with Crippen LogP contribution in [-0.4, -0.2) is 4.57 Å². The highest BCUT2D eigenvalue weighted by molar-refractivity contribution is 6.25. The first-order valence-corrected chi connectivity index (χ1v) is 23.4. The van der Waals surface area contributed by atoms with Gasteiger partial charge in [0.05, 0.1) is 11.0 Å². The van der Waals surface area contributed by atoms with Crippen LogP contribution in [0.4, 0.5) is 17.1 Å². The van der Waals surface area contributed by atoms with Crippen molar-refractivity contribution in [1.29, 1.82) is 0 Å². The van der Waals surface area contributed by atoms with Crippen LogP contribution in [0.3, 0.4) is 0 Å². The Morgan fingerprint density at radius 1 is 0.250 bits per heavy atom. The van der Waals surface area contributed by atoms with Gasteiger partial charge in [0.15, 0.2) is 0 Å². The van der Waals surface area contributed by atoms with Gasteiger partial charge < -0.3 is 9.47 Å². The summed E-state index contributed by atoms with van der Waals surface area (Å²) in [7, 11) is 0. The van der Waals surface area contributed by atoms with Gasteiger partial charge in [-0.1, -0.05) is 194 Å². The molecule has 0 aliphatic carbocycles. The van der Waals surface area contributed by atoms with Crippen molar-refractivity contribution in [1.82, 2.24) is 4.57 Å². The number of fused-ring (bicyclic) bond motifs is 8. The molecule has 0 saturated carbocycles. The third-order valence-electron chi connectivity index (χ3n) is 13.7. The van der Waals surface area contributed by atoms with Gasteiger partial charge in [0.25, 0.3) is 0 Å². The van der Waals surface area contributed by atoms with E-state index in [9.17, 15) is 0 Å². The molecule has 0 bridgehead atoms. The molecule has 0 saturated heterocycles. The fraction of sp³-hybridized carbons (Fsp3) is 0. The van der Waals surface area contributed by atoms with Crippen LogP contribution in [0.1, 0.15) is 0 Å². The Hall–Kier alpha value is -8.98. The van der Waals surface area contributed by atoms with E-state index in [-0.39, 0.29) is 0 Å². The quantitative estimate of drug-likeness (QED) is 0.138. The highest BCUT2D eigenvalue weighted by Gasteiger charge is 2.21. The van der Waals surface area contributed by atoms with E-state index >= 15 is 0 Å². The van der Waals surface area contributed by atoms with Crippen LogP contribution in [0.5, 0.6) is 0 Å². The number of aromatic nitrogens is 1. The van der Waals surface area contributed by atoms with Crippen molar-refractivity contribution in [3.63, 3.8) is 0 Å². The summed E-state index contributed by atoms with van der Waals surface area (Å²) in [6.07, 6.45) is 0. The van der Waals surface area contributed by atoms with Gasteiger partial charge in [0.1, 0.15) is 0 Å². The molecule has 12 aromatic carbocycles. The molecule has 0 N–H and O–H groups in total. The number of nitrogens with zero attached hydrogens (tertiary/aromatic N) is 2. The summed E-state index contributed by atoms with van der Waals surface area (Å²) in [5.74, 6) is 0. The molecule has 13 aromatic rings. The summed E-state index contributed by atoms with van der Waals surface area (Å²) >= 11 is 0. The maximum Gasteiger partial charge on any atom is 0.0547 e. The minimum absolute atomic E-state index is 1.07. The SMILES string of the molecule is c1ccc(-c2cc(-c3ccccc3)cc(N(c3ccc(-c4ccc5c(ccc6ccccc65)c4)cc3)c3cccc(-c4cccc5c4c4c6ccccc6ccc4n5-c4ccccc4)c3)c2)cc1. The molecule has 2 nitrogen and oxygen atoms in total. The van der Waals surface area contributed by atoms with Crippen LogP contribution in [0, 0.1) is 0 Å². The smallest absolute Gasteiger partial charge is 0.0547 e. The normalized spacial score (nSPS) is 11.5. The molecule has 1 heterocycles. The lowest BCUT2D eigenvalue weighted by Crippen LogP contribution is -2.10. The average molecular weight is 865 g/mol. The van der Waals surface area contributed by atoms with E-state index in [1.54, 1.807) is 0 Å². The molecule has 0 amide bonds. The van der Waals surface area contributed by atoms with Gasteiger partial charge >= 0.3 is 0 Å². The van der Waals surface area contributed by atoms with Crippen molar-refractivity contribution >= 4 is 71.2 Å². The monoisotopic (exact) mass is 864 g/mol. The van der Waals surface area contributed by atoms with E-state index in [2.05, 4.69) is 276 Å². The van der Waals surface area contributed by atoms with E-state index in [1.807, 2.05) is 0 Å². The van der Waals surface area contributed by atoms with Gasteiger partial charge in [-0.05, 0) is 150 Å². The summed E-state index contributed by atoms with van der Waals surface area (Å²) in [6, 6.07) is 97.6. The third-order valence-corrected chi connectivity index (χ3v) is 13.7. The lowest BCUT2D eigenvalue weighted by Gasteiger charge is -2.27. The molecule has 318 valence electrons. The summed E-state index contributed by atoms with van der Waals surface area (Å²) in [4.78, 5) is 2.43. The first kappa shape index (κ1) is 39.4. The molecule has 1 aromatic heterocycles. The van der Waals surface area contributed by atoms with Crippen molar-refractivity contribution in [2.45, 2.75) is 0 Å². The van der Waals surface area contributed by atoms with Crippen LogP contribution in [0.15, 0.2) is 267 Å². The van der Waals surface area contributed by atoms with Gasteiger partial charge in [-0.15, -0.1) is 0 Å². The Balaban J connectivity index is 1.01. The van der Waals surface area contributed by atoms with Gasteiger partial charge in [-0.25, -0.2) is 0 Å². The van der Waals surface area contributed by atoms with Gasteiger partial charge in [-0.3, -0.25) is 0 Å². The first-order valence-electron chi connectivity index (χ1n) is 23.4. The molecule has 68 heavy (non-hydrogen) atoms. The molecule has 0 atom stereocenters. The van der Waals surface area contributed by atoms with Crippen molar-refractivity contribution < 1.29 is 0 Å². The summed E-state index contributed by atoms with van der Waals surface area (Å²) in [5.41, 5.74) is 16.1. The lowest BCUT2D eigenvalue weighted by atomic mass is 9.95. The van der Waals surface area contributed by atoms with Gasteiger partial charge in [-0.2, -0.15) is 0 Å². The van der Waals surface area contributed by atoms with Crippen molar-refractivity contribution in [3.8, 4) is 50.2 Å². The molecular weight excluding hydrogens is 821 g/mol. The highest BCUT2D eigenvalue weighted by Crippen LogP contribution is 2.45. The topological polar surface area (TPSA) is 8.17 Å². The minimum atomic E-state index is 1.07. The van der Waals surface area contributed by atoms with Crippen LogP contribution >= 0.6 is 0 Å². The summed E-state index contributed by atoms with van der Waals surface area (Å²) in [5, 5.41) is 10.1. The van der Waals surface area contributed by atoms with Crippen molar-refractivity contribution in [3.05, 3.63) is 267 Å². The number of rotatable bonds is 8. The standard InChI is InChI=1S/C66H44N2/c1-4-16-45(17-5-1)53-41-54(46-18-6-2-7-19-46)44-58(43-53)67(56-36-32-47(33-37-56)50-34-38-60-52(40-50)31-30-48-20-10-12-26-59(48)60)57-25-14-22-51(42-57)62-28-15-29-63-66(62)65-61-27-13-11-21-49(61)35-39-64(65)68(63)55-23-8-3-9-24-55/h1-44H. The van der Waals surface area contributed by atoms with Crippen LogP contribution in [-0.2, 0) is 0 Å². The van der Waals surface area contributed by atoms with Gasteiger partial charge in [0, 0.05) is 33.5 Å². The molecule has 2 heteroatoms. The second kappa shape index (κ2) is 16.5. The first-order chi connectivity index (χ1) is 33.7. The largest absolute Gasteiger partial charge is 0.310 e. The Morgan fingerprint density at radius 3 is 1.51 bits per heavy atom. The number of anilines is 3. The Morgan fingerprint density at radius 2 is 0.779 bits per heavy atom. The van der Waals surface area contributed by atoms with Gasteiger partial charge in [0.2, 0.25) is 0 Å². The zero-order chi connectivity index (χ0) is 45.0. The predicted molar refractivity (Wildman–Crippen MR) is 290 cm³/mol. The molecule has 0 unspecified atom stereocenters. The van der Waals surface area contributed by atoms with Crippen molar-refractivity contribution in [2.24, 2.45) is 0 Å². The molecule has 0 spiro atoms. The maximum absolute atomic E-state index is 2.43. The molecule has 0 aliphatic rings.